The predicted molar refractivity (Wildman–Crippen MR) is 44.5 cm³/mol. The van der Waals surface area contributed by atoms with Gasteiger partial charge < -0.3 is 0 Å². The molecule has 0 bridgehead atoms. The summed E-state index contributed by atoms with van der Waals surface area (Å²) in [6.45, 7) is 1.20. The third kappa shape index (κ3) is 3.47. The van der Waals surface area contributed by atoms with E-state index in [-0.39, 0.29) is 0 Å². The second-order valence-corrected chi connectivity index (χ2v) is 3.33. The topological polar surface area (TPSA) is 66.4 Å². The van der Waals surface area contributed by atoms with E-state index in [1.165, 1.54) is 6.54 Å². The first kappa shape index (κ1) is 9.18. The molecular formula is C7H8NO3S. The lowest BCUT2D eigenvalue weighted by Gasteiger charge is -1.98. The molecule has 0 aliphatic heterocycles. The average Bonchev–Trinajstić information content (AvgIpc) is 2.02. The van der Waals surface area contributed by atoms with Gasteiger partial charge in [0.1, 0.15) is 0 Å². The summed E-state index contributed by atoms with van der Waals surface area (Å²) in [6, 6.07) is 8.75. The molecule has 5 heteroatoms. The van der Waals surface area contributed by atoms with Crippen LogP contribution in [0.3, 0.4) is 0 Å². The molecule has 1 aromatic rings. The van der Waals surface area contributed by atoms with Crippen LogP contribution in [0.25, 0.3) is 0 Å². The van der Waals surface area contributed by atoms with Gasteiger partial charge in [-0.2, -0.15) is 13.1 Å². The second kappa shape index (κ2) is 3.66. The Bertz CT molecular complexity index is 333. The molecule has 0 fully saturated rings. The van der Waals surface area contributed by atoms with Crippen molar-refractivity contribution in [1.29, 1.82) is 0 Å². The molecule has 12 heavy (non-hydrogen) atoms. The molecule has 0 amide bonds. The Hall–Kier alpha value is -0.910. The van der Waals surface area contributed by atoms with Crippen LogP contribution in [0.15, 0.2) is 30.3 Å². The Labute approximate surface area is 71.1 Å². The SMILES string of the molecule is O=S(=O)(O)N[CH]c1ccccc1. The maximum absolute atomic E-state index is 10.2. The van der Waals surface area contributed by atoms with Crippen LogP contribution >= 0.6 is 0 Å². The van der Waals surface area contributed by atoms with Gasteiger partial charge in [0.15, 0.2) is 0 Å². The fraction of sp³-hybridized carbons (Fsp3) is 0. The number of nitrogens with one attached hydrogen (secondary N) is 1. The molecule has 0 saturated heterocycles. The van der Waals surface area contributed by atoms with Gasteiger partial charge in [0.25, 0.3) is 0 Å². The van der Waals surface area contributed by atoms with Crippen LogP contribution in [0.5, 0.6) is 0 Å². The normalized spacial score (nSPS) is 11.4. The second-order valence-electron chi connectivity index (χ2n) is 2.15. The van der Waals surface area contributed by atoms with Crippen LogP contribution in [0, 0.1) is 6.54 Å². The van der Waals surface area contributed by atoms with Crippen molar-refractivity contribution in [2.24, 2.45) is 0 Å². The molecule has 0 spiro atoms. The molecule has 65 valence electrons. The minimum atomic E-state index is -4.13. The van der Waals surface area contributed by atoms with Crippen molar-refractivity contribution in [2.75, 3.05) is 0 Å². The van der Waals surface area contributed by atoms with E-state index in [1.54, 1.807) is 24.3 Å². The third-order valence-electron chi connectivity index (χ3n) is 1.17. The predicted octanol–water partition coefficient (Wildman–Crippen LogP) is 0.589. The molecule has 0 aliphatic carbocycles. The number of rotatable bonds is 3. The van der Waals surface area contributed by atoms with Crippen LogP contribution in [-0.2, 0) is 10.3 Å². The summed E-state index contributed by atoms with van der Waals surface area (Å²) in [5.41, 5.74) is 0.676. The van der Waals surface area contributed by atoms with Gasteiger partial charge in [0, 0.05) is 0 Å². The monoisotopic (exact) mass is 186 g/mol. The lowest BCUT2D eigenvalue weighted by Crippen LogP contribution is -2.19. The third-order valence-corrected chi connectivity index (χ3v) is 1.59. The van der Waals surface area contributed by atoms with Gasteiger partial charge in [0.2, 0.25) is 0 Å². The fourth-order valence-electron chi connectivity index (χ4n) is 0.692. The molecule has 1 rings (SSSR count). The standard InChI is InChI=1S/C7H8NO3S/c9-12(10,11)8-6-7-4-2-1-3-5-7/h1-6,8H,(H,9,10,11). The van der Waals surface area contributed by atoms with Gasteiger partial charge in [-0.05, 0) is 5.56 Å². The van der Waals surface area contributed by atoms with Gasteiger partial charge in [0.05, 0.1) is 6.54 Å². The van der Waals surface area contributed by atoms with Crippen molar-refractivity contribution in [3.05, 3.63) is 42.4 Å². The highest BCUT2D eigenvalue weighted by Gasteiger charge is 2.01. The zero-order valence-electron chi connectivity index (χ0n) is 6.14. The molecule has 0 saturated carbocycles. The van der Waals surface area contributed by atoms with E-state index < -0.39 is 10.3 Å². The first-order valence-electron chi connectivity index (χ1n) is 3.21. The van der Waals surface area contributed by atoms with Crippen molar-refractivity contribution in [2.45, 2.75) is 0 Å². The summed E-state index contributed by atoms with van der Waals surface area (Å²) < 4.78 is 30.6. The van der Waals surface area contributed by atoms with E-state index in [9.17, 15) is 8.42 Å². The van der Waals surface area contributed by atoms with Crippen molar-refractivity contribution >= 4 is 10.3 Å². The lowest BCUT2D eigenvalue weighted by atomic mass is 10.2. The quantitative estimate of drug-likeness (QED) is 0.679. The Morgan fingerprint density at radius 1 is 1.25 bits per heavy atom. The Balaban J connectivity index is 2.56. The van der Waals surface area contributed by atoms with E-state index in [2.05, 4.69) is 0 Å². The fourth-order valence-corrected chi connectivity index (χ4v) is 0.977. The average molecular weight is 186 g/mol. The first-order chi connectivity index (χ1) is 5.58. The summed E-state index contributed by atoms with van der Waals surface area (Å²) in [7, 11) is -4.13. The molecule has 1 aromatic carbocycles. The van der Waals surface area contributed by atoms with Crippen molar-refractivity contribution < 1.29 is 13.0 Å². The lowest BCUT2D eigenvalue weighted by molar-refractivity contribution is 0.474. The molecule has 0 unspecified atom stereocenters. The number of hydrogen-bond donors (Lipinski definition) is 2. The van der Waals surface area contributed by atoms with E-state index >= 15 is 0 Å². The molecule has 4 nitrogen and oxygen atoms in total. The van der Waals surface area contributed by atoms with Crippen LogP contribution in [0.4, 0.5) is 0 Å². The van der Waals surface area contributed by atoms with Gasteiger partial charge in [-0.3, -0.25) is 4.55 Å². The first-order valence-corrected chi connectivity index (χ1v) is 4.65. The maximum Gasteiger partial charge on any atom is 0.333 e. The van der Waals surface area contributed by atoms with Crippen LogP contribution in [-0.4, -0.2) is 13.0 Å². The van der Waals surface area contributed by atoms with Gasteiger partial charge in [-0.15, -0.1) is 0 Å². The number of hydrogen-bond acceptors (Lipinski definition) is 2. The maximum atomic E-state index is 10.2. The van der Waals surface area contributed by atoms with E-state index in [0.29, 0.717) is 5.56 Å². The summed E-state index contributed by atoms with van der Waals surface area (Å²) in [4.78, 5) is 0. The van der Waals surface area contributed by atoms with E-state index in [1.807, 2.05) is 10.8 Å². The van der Waals surface area contributed by atoms with Gasteiger partial charge in [-0.25, -0.2) is 0 Å². The van der Waals surface area contributed by atoms with Crippen molar-refractivity contribution in [3.63, 3.8) is 0 Å². The molecule has 2 N–H and O–H groups in total. The summed E-state index contributed by atoms with van der Waals surface area (Å²) >= 11 is 0. The zero-order valence-corrected chi connectivity index (χ0v) is 6.95. The van der Waals surface area contributed by atoms with Crippen LogP contribution in [0.1, 0.15) is 5.56 Å². The Kier molecular flexibility index (Phi) is 2.80. The molecule has 0 heterocycles. The Morgan fingerprint density at radius 2 is 1.83 bits per heavy atom. The van der Waals surface area contributed by atoms with Crippen LogP contribution in [0.2, 0.25) is 0 Å². The van der Waals surface area contributed by atoms with Gasteiger partial charge >= 0.3 is 10.3 Å². The Morgan fingerprint density at radius 3 is 2.33 bits per heavy atom. The van der Waals surface area contributed by atoms with E-state index in [0.717, 1.165) is 0 Å². The summed E-state index contributed by atoms with van der Waals surface area (Å²) in [6.07, 6.45) is 0. The summed E-state index contributed by atoms with van der Waals surface area (Å²) in [5.74, 6) is 0. The van der Waals surface area contributed by atoms with Crippen molar-refractivity contribution in [3.8, 4) is 0 Å². The minimum absolute atomic E-state index is 0.676. The highest BCUT2D eigenvalue weighted by atomic mass is 32.2. The number of benzene rings is 1. The van der Waals surface area contributed by atoms with Crippen molar-refractivity contribution in [1.82, 2.24) is 4.72 Å². The van der Waals surface area contributed by atoms with Gasteiger partial charge in [-0.1, -0.05) is 30.3 Å². The molecule has 0 aromatic heterocycles. The highest BCUT2D eigenvalue weighted by molar-refractivity contribution is 7.83. The van der Waals surface area contributed by atoms with E-state index in [4.69, 9.17) is 4.55 Å². The molecular weight excluding hydrogens is 178 g/mol. The molecule has 0 aliphatic rings. The minimum Gasteiger partial charge on any atom is -0.273 e. The largest absolute Gasteiger partial charge is 0.333 e. The highest BCUT2D eigenvalue weighted by Crippen LogP contribution is 1.99. The zero-order chi connectivity index (χ0) is 9.03. The smallest absolute Gasteiger partial charge is 0.273 e. The summed E-state index contributed by atoms with van der Waals surface area (Å²) in [5, 5.41) is 0. The molecule has 0 atom stereocenters. The molecule has 1 radical (unpaired) electrons. The van der Waals surface area contributed by atoms with Crippen LogP contribution < -0.4 is 4.72 Å².